The van der Waals surface area contributed by atoms with E-state index in [4.69, 9.17) is 10.5 Å². The van der Waals surface area contributed by atoms with E-state index >= 15 is 0 Å². The monoisotopic (exact) mass is 287 g/mol. The minimum Gasteiger partial charge on any atom is -0.373 e. The zero-order valence-corrected chi connectivity index (χ0v) is 13.5. The van der Waals surface area contributed by atoms with E-state index in [0.29, 0.717) is 5.41 Å². The summed E-state index contributed by atoms with van der Waals surface area (Å²) in [6.45, 7) is 5.60. The molecule has 21 heavy (non-hydrogen) atoms. The molecule has 1 aliphatic carbocycles. The predicted octanol–water partition coefficient (Wildman–Crippen LogP) is 4.38. The van der Waals surface area contributed by atoms with Crippen LogP contribution in [-0.4, -0.2) is 12.1 Å². The Balaban J connectivity index is 1.74. The second-order valence-electron chi connectivity index (χ2n) is 7.89. The molecule has 3 rings (SSSR count). The van der Waals surface area contributed by atoms with Gasteiger partial charge in [-0.15, -0.1) is 0 Å². The molecule has 0 radical (unpaired) electrons. The third-order valence-electron chi connectivity index (χ3n) is 5.51. The van der Waals surface area contributed by atoms with Gasteiger partial charge in [0, 0.05) is 5.54 Å². The fraction of sp³-hybridized carbons (Fsp3) is 0.684. The molecule has 2 heteroatoms. The van der Waals surface area contributed by atoms with Crippen molar-refractivity contribution in [2.24, 2.45) is 11.1 Å². The van der Waals surface area contributed by atoms with Gasteiger partial charge < -0.3 is 10.5 Å². The van der Waals surface area contributed by atoms with Gasteiger partial charge in [-0.05, 0) is 55.1 Å². The molecule has 2 nitrogen and oxygen atoms in total. The maximum Gasteiger partial charge on any atom is 0.0845 e. The Morgan fingerprint density at radius 1 is 1.14 bits per heavy atom. The van der Waals surface area contributed by atoms with Crippen LogP contribution in [0.4, 0.5) is 0 Å². The van der Waals surface area contributed by atoms with Gasteiger partial charge in [0.05, 0.1) is 12.7 Å². The Morgan fingerprint density at radius 2 is 1.95 bits per heavy atom. The average Bonchev–Trinajstić information content (AvgIpc) is 2.58. The van der Waals surface area contributed by atoms with E-state index in [0.717, 1.165) is 32.3 Å². The zero-order chi connectivity index (χ0) is 14.9. The molecule has 1 fully saturated rings. The minimum atomic E-state index is -0.0527. The Hall–Kier alpha value is -0.860. The third-order valence-corrected chi connectivity index (χ3v) is 5.51. The van der Waals surface area contributed by atoms with Gasteiger partial charge in [0.1, 0.15) is 0 Å². The topological polar surface area (TPSA) is 35.2 Å². The lowest BCUT2D eigenvalue weighted by Crippen LogP contribution is -2.42. The van der Waals surface area contributed by atoms with Crippen molar-refractivity contribution in [1.82, 2.24) is 0 Å². The first-order valence-corrected chi connectivity index (χ1v) is 8.46. The molecule has 1 aliphatic heterocycles. The molecule has 1 saturated carbocycles. The van der Waals surface area contributed by atoms with E-state index in [9.17, 15) is 0 Å². The quantitative estimate of drug-likeness (QED) is 0.819. The van der Waals surface area contributed by atoms with E-state index in [1.165, 1.54) is 30.4 Å². The lowest BCUT2D eigenvalue weighted by atomic mass is 9.80. The van der Waals surface area contributed by atoms with Crippen molar-refractivity contribution in [2.75, 3.05) is 6.61 Å². The van der Waals surface area contributed by atoms with Gasteiger partial charge in [-0.25, -0.2) is 0 Å². The molecule has 0 spiro atoms. The summed E-state index contributed by atoms with van der Waals surface area (Å²) in [7, 11) is 0. The standard InChI is InChI=1S/C19H29NO/c1-18(2)9-5-10-19(20,12-11-18)14-17-16-7-4-3-6-15(16)8-13-21-17/h3-4,6-7,17H,5,8-14,20H2,1-2H3. The molecular formula is C19H29NO. The fourth-order valence-electron chi connectivity index (χ4n) is 3.98. The van der Waals surface area contributed by atoms with Crippen molar-refractivity contribution < 1.29 is 4.74 Å². The summed E-state index contributed by atoms with van der Waals surface area (Å²) >= 11 is 0. The van der Waals surface area contributed by atoms with Gasteiger partial charge in [0.25, 0.3) is 0 Å². The summed E-state index contributed by atoms with van der Waals surface area (Å²) in [5.74, 6) is 0. The van der Waals surface area contributed by atoms with Crippen molar-refractivity contribution in [3.8, 4) is 0 Å². The fourth-order valence-corrected chi connectivity index (χ4v) is 3.98. The second-order valence-corrected chi connectivity index (χ2v) is 7.89. The summed E-state index contributed by atoms with van der Waals surface area (Å²) in [4.78, 5) is 0. The van der Waals surface area contributed by atoms with Crippen LogP contribution in [0.2, 0.25) is 0 Å². The molecule has 2 unspecified atom stereocenters. The zero-order valence-electron chi connectivity index (χ0n) is 13.5. The molecule has 0 amide bonds. The van der Waals surface area contributed by atoms with E-state index in [2.05, 4.69) is 38.1 Å². The van der Waals surface area contributed by atoms with Crippen LogP contribution in [0.15, 0.2) is 24.3 Å². The Bertz CT molecular complexity index is 496. The molecule has 2 N–H and O–H groups in total. The highest BCUT2D eigenvalue weighted by molar-refractivity contribution is 5.31. The van der Waals surface area contributed by atoms with Crippen LogP contribution in [0.5, 0.6) is 0 Å². The van der Waals surface area contributed by atoms with Crippen molar-refractivity contribution in [2.45, 2.75) is 70.4 Å². The lowest BCUT2D eigenvalue weighted by molar-refractivity contribution is 0.0182. The van der Waals surface area contributed by atoms with Crippen molar-refractivity contribution in [3.05, 3.63) is 35.4 Å². The Labute approximate surface area is 129 Å². The van der Waals surface area contributed by atoms with E-state index in [1.54, 1.807) is 0 Å². The van der Waals surface area contributed by atoms with Crippen LogP contribution in [0.25, 0.3) is 0 Å². The van der Waals surface area contributed by atoms with Crippen LogP contribution in [0.1, 0.15) is 69.6 Å². The second kappa shape index (κ2) is 5.73. The molecular weight excluding hydrogens is 258 g/mol. The van der Waals surface area contributed by atoms with Gasteiger partial charge in [-0.2, -0.15) is 0 Å². The molecule has 0 bridgehead atoms. The first-order valence-electron chi connectivity index (χ1n) is 8.46. The Morgan fingerprint density at radius 3 is 2.81 bits per heavy atom. The number of hydrogen-bond acceptors (Lipinski definition) is 2. The Kier molecular flexibility index (Phi) is 4.11. The van der Waals surface area contributed by atoms with E-state index in [1.807, 2.05) is 0 Å². The molecule has 2 atom stereocenters. The molecule has 116 valence electrons. The summed E-state index contributed by atoms with van der Waals surface area (Å²) in [5, 5.41) is 0. The summed E-state index contributed by atoms with van der Waals surface area (Å²) < 4.78 is 6.09. The molecule has 2 aliphatic rings. The highest BCUT2D eigenvalue weighted by Gasteiger charge is 2.36. The number of fused-ring (bicyclic) bond motifs is 1. The van der Waals surface area contributed by atoms with Crippen molar-refractivity contribution in [3.63, 3.8) is 0 Å². The SMILES string of the molecule is CC1(C)CCCC(N)(CC2OCCc3ccccc32)CC1. The van der Waals surface area contributed by atoms with Crippen LogP contribution in [-0.2, 0) is 11.2 Å². The molecule has 1 aromatic carbocycles. The van der Waals surface area contributed by atoms with Crippen LogP contribution < -0.4 is 5.73 Å². The molecule has 0 aromatic heterocycles. The van der Waals surface area contributed by atoms with E-state index in [-0.39, 0.29) is 11.6 Å². The van der Waals surface area contributed by atoms with Gasteiger partial charge in [-0.1, -0.05) is 44.5 Å². The highest BCUT2D eigenvalue weighted by Crippen LogP contribution is 2.42. The van der Waals surface area contributed by atoms with Gasteiger partial charge in [-0.3, -0.25) is 0 Å². The first-order chi connectivity index (χ1) is 9.98. The summed E-state index contributed by atoms with van der Waals surface area (Å²) in [6, 6.07) is 8.72. The number of hydrogen-bond donors (Lipinski definition) is 1. The minimum absolute atomic E-state index is 0.0527. The molecule has 1 aromatic rings. The van der Waals surface area contributed by atoms with Crippen molar-refractivity contribution >= 4 is 0 Å². The maximum absolute atomic E-state index is 6.79. The number of rotatable bonds is 2. The van der Waals surface area contributed by atoms with Gasteiger partial charge in [0.15, 0.2) is 0 Å². The highest BCUT2D eigenvalue weighted by atomic mass is 16.5. The normalized spacial score (nSPS) is 32.2. The van der Waals surface area contributed by atoms with Gasteiger partial charge in [0.2, 0.25) is 0 Å². The smallest absolute Gasteiger partial charge is 0.0845 e. The first kappa shape index (κ1) is 15.1. The lowest BCUT2D eigenvalue weighted by Gasteiger charge is -2.35. The van der Waals surface area contributed by atoms with E-state index < -0.39 is 0 Å². The molecule has 1 heterocycles. The van der Waals surface area contributed by atoms with Crippen LogP contribution >= 0.6 is 0 Å². The van der Waals surface area contributed by atoms with Gasteiger partial charge >= 0.3 is 0 Å². The number of benzene rings is 1. The third kappa shape index (κ3) is 3.49. The maximum atomic E-state index is 6.79. The van der Waals surface area contributed by atoms with Crippen LogP contribution in [0.3, 0.4) is 0 Å². The van der Waals surface area contributed by atoms with Crippen molar-refractivity contribution in [1.29, 1.82) is 0 Å². The summed E-state index contributed by atoms with van der Waals surface area (Å²) in [6.07, 6.45) is 8.25. The largest absolute Gasteiger partial charge is 0.373 e. The predicted molar refractivity (Wildman–Crippen MR) is 87.2 cm³/mol. The summed E-state index contributed by atoms with van der Waals surface area (Å²) in [5.41, 5.74) is 10.0. The number of ether oxygens (including phenoxy) is 1. The number of nitrogens with two attached hydrogens (primary N) is 1. The van der Waals surface area contributed by atoms with Crippen LogP contribution in [0, 0.1) is 5.41 Å². The molecule has 0 saturated heterocycles. The average molecular weight is 287 g/mol.